The average Bonchev–Trinajstić information content (AvgIpc) is 2.85. The molecule has 3 rings (SSSR count). The predicted octanol–water partition coefficient (Wildman–Crippen LogP) is 2.82. The van der Waals surface area contributed by atoms with Gasteiger partial charge in [0.25, 0.3) is 0 Å². The van der Waals surface area contributed by atoms with E-state index in [1.54, 1.807) is 12.5 Å². The zero-order valence-corrected chi connectivity index (χ0v) is 11.8. The predicted molar refractivity (Wildman–Crippen MR) is 74.4 cm³/mol. The van der Waals surface area contributed by atoms with Gasteiger partial charge in [0.1, 0.15) is 11.4 Å². The van der Waals surface area contributed by atoms with Gasteiger partial charge in [0.15, 0.2) is 0 Å². The molecular weight excluding hydrogens is 296 g/mol. The first-order valence-corrected chi connectivity index (χ1v) is 7.18. The standard InChI is InChI=1S/C13H15BrN2O2/c1-9-7-16(8-10(6-14)18-9)13-11-3-5-17-12(11)2-4-15-13/h2-5,9-10H,6-8H2,1H3. The lowest BCUT2D eigenvalue weighted by molar-refractivity contribution is -0.00213. The maximum absolute atomic E-state index is 5.84. The fourth-order valence-electron chi connectivity index (χ4n) is 2.44. The lowest BCUT2D eigenvalue weighted by Crippen LogP contribution is -2.47. The van der Waals surface area contributed by atoms with Crippen molar-refractivity contribution in [3.8, 4) is 0 Å². The number of pyridine rings is 1. The van der Waals surface area contributed by atoms with Crippen LogP contribution in [-0.2, 0) is 4.74 Å². The summed E-state index contributed by atoms with van der Waals surface area (Å²) in [6.45, 7) is 3.81. The molecule has 0 N–H and O–H groups in total. The molecule has 1 saturated heterocycles. The molecule has 0 aromatic carbocycles. The zero-order valence-electron chi connectivity index (χ0n) is 10.2. The van der Waals surface area contributed by atoms with Gasteiger partial charge in [-0.1, -0.05) is 15.9 Å². The van der Waals surface area contributed by atoms with Crippen LogP contribution in [0, 0.1) is 0 Å². The van der Waals surface area contributed by atoms with Gasteiger partial charge in [0.05, 0.1) is 23.9 Å². The molecule has 1 fully saturated rings. The van der Waals surface area contributed by atoms with E-state index < -0.39 is 0 Å². The highest BCUT2D eigenvalue weighted by Gasteiger charge is 2.26. The van der Waals surface area contributed by atoms with Crippen LogP contribution in [0.25, 0.3) is 11.0 Å². The Labute approximate surface area is 114 Å². The summed E-state index contributed by atoms with van der Waals surface area (Å²) in [6.07, 6.45) is 3.93. The van der Waals surface area contributed by atoms with Crippen molar-refractivity contribution in [3.63, 3.8) is 0 Å². The molecule has 0 spiro atoms. The van der Waals surface area contributed by atoms with Crippen molar-refractivity contribution in [2.45, 2.75) is 19.1 Å². The van der Waals surface area contributed by atoms with E-state index in [2.05, 4.69) is 32.7 Å². The highest BCUT2D eigenvalue weighted by atomic mass is 79.9. The van der Waals surface area contributed by atoms with Crippen LogP contribution in [0.15, 0.2) is 29.0 Å². The van der Waals surface area contributed by atoms with Crippen molar-refractivity contribution in [1.29, 1.82) is 0 Å². The Morgan fingerprint density at radius 3 is 3.17 bits per heavy atom. The van der Waals surface area contributed by atoms with E-state index in [1.165, 1.54) is 0 Å². The van der Waals surface area contributed by atoms with E-state index in [4.69, 9.17) is 9.15 Å². The van der Waals surface area contributed by atoms with Crippen LogP contribution in [0.2, 0.25) is 0 Å². The molecule has 1 aliphatic heterocycles. The molecule has 18 heavy (non-hydrogen) atoms. The van der Waals surface area contributed by atoms with E-state index in [9.17, 15) is 0 Å². The first kappa shape index (κ1) is 12.0. The van der Waals surface area contributed by atoms with Crippen LogP contribution >= 0.6 is 15.9 Å². The third-order valence-corrected chi connectivity index (χ3v) is 3.88. The van der Waals surface area contributed by atoms with E-state index in [1.807, 2.05) is 12.1 Å². The van der Waals surface area contributed by atoms with Crippen LogP contribution in [0.3, 0.4) is 0 Å². The van der Waals surface area contributed by atoms with Crippen LogP contribution in [-0.4, -0.2) is 35.6 Å². The monoisotopic (exact) mass is 310 g/mol. The van der Waals surface area contributed by atoms with Crippen molar-refractivity contribution in [1.82, 2.24) is 4.98 Å². The molecular formula is C13H15BrN2O2. The van der Waals surface area contributed by atoms with E-state index in [-0.39, 0.29) is 12.2 Å². The van der Waals surface area contributed by atoms with E-state index in [0.29, 0.717) is 0 Å². The van der Waals surface area contributed by atoms with Gasteiger partial charge in [-0.3, -0.25) is 0 Å². The fraction of sp³-hybridized carbons (Fsp3) is 0.462. The summed E-state index contributed by atoms with van der Waals surface area (Å²) in [5.74, 6) is 0.988. The highest BCUT2D eigenvalue weighted by Crippen LogP contribution is 2.27. The molecule has 4 nitrogen and oxygen atoms in total. The number of aromatic nitrogens is 1. The molecule has 2 atom stereocenters. The SMILES string of the molecule is CC1CN(c2nccc3occc23)CC(CBr)O1. The van der Waals surface area contributed by atoms with Gasteiger partial charge in [0.2, 0.25) is 0 Å². The number of furan rings is 1. The van der Waals surface area contributed by atoms with Crippen LogP contribution in [0.1, 0.15) is 6.92 Å². The molecule has 0 saturated carbocycles. The molecule has 2 aromatic heterocycles. The highest BCUT2D eigenvalue weighted by molar-refractivity contribution is 9.09. The third-order valence-electron chi connectivity index (χ3n) is 3.16. The summed E-state index contributed by atoms with van der Waals surface area (Å²) >= 11 is 3.49. The number of fused-ring (bicyclic) bond motifs is 1. The molecule has 2 unspecified atom stereocenters. The van der Waals surface area contributed by atoms with Gasteiger partial charge in [-0.2, -0.15) is 0 Å². The van der Waals surface area contributed by atoms with Gasteiger partial charge in [-0.25, -0.2) is 4.98 Å². The number of alkyl halides is 1. The van der Waals surface area contributed by atoms with Gasteiger partial charge in [-0.15, -0.1) is 0 Å². The van der Waals surface area contributed by atoms with Crippen molar-refractivity contribution in [2.75, 3.05) is 23.3 Å². The summed E-state index contributed by atoms with van der Waals surface area (Å²) in [6, 6.07) is 3.87. The normalized spacial score (nSPS) is 24.7. The smallest absolute Gasteiger partial charge is 0.139 e. The number of hydrogen-bond acceptors (Lipinski definition) is 4. The minimum Gasteiger partial charge on any atom is -0.464 e. The van der Waals surface area contributed by atoms with Crippen LogP contribution in [0.4, 0.5) is 5.82 Å². The maximum atomic E-state index is 5.84. The second-order valence-corrected chi connectivity index (χ2v) is 5.24. The molecule has 5 heteroatoms. The maximum Gasteiger partial charge on any atom is 0.139 e. The van der Waals surface area contributed by atoms with Crippen molar-refractivity contribution < 1.29 is 9.15 Å². The molecule has 0 bridgehead atoms. The van der Waals surface area contributed by atoms with E-state index >= 15 is 0 Å². The van der Waals surface area contributed by atoms with Crippen molar-refractivity contribution in [2.24, 2.45) is 0 Å². The summed E-state index contributed by atoms with van der Waals surface area (Å²) in [5.41, 5.74) is 0.884. The Balaban J connectivity index is 1.96. The Morgan fingerprint density at radius 1 is 1.44 bits per heavy atom. The minimum absolute atomic E-state index is 0.206. The summed E-state index contributed by atoms with van der Waals surface area (Å²) in [7, 11) is 0. The lowest BCUT2D eigenvalue weighted by atomic mass is 10.2. The molecule has 2 aromatic rings. The largest absolute Gasteiger partial charge is 0.464 e. The Bertz CT molecular complexity index is 543. The molecule has 96 valence electrons. The molecule has 3 heterocycles. The first-order chi connectivity index (χ1) is 8.78. The lowest BCUT2D eigenvalue weighted by Gasteiger charge is -2.37. The Hall–Kier alpha value is -1.07. The number of hydrogen-bond donors (Lipinski definition) is 0. The molecule has 0 aliphatic carbocycles. The van der Waals surface area contributed by atoms with Crippen molar-refractivity contribution in [3.05, 3.63) is 24.6 Å². The fourth-order valence-corrected chi connectivity index (χ4v) is 2.79. The van der Waals surface area contributed by atoms with Gasteiger partial charge in [-0.05, 0) is 19.1 Å². The van der Waals surface area contributed by atoms with Gasteiger partial charge >= 0.3 is 0 Å². The second-order valence-electron chi connectivity index (χ2n) is 4.59. The van der Waals surface area contributed by atoms with Gasteiger partial charge in [0, 0.05) is 24.6 Å². The zero-order chi connectivity index (χ0) is 12.5. The second kappa shape index (κ2) is 4.90. The number of morpholine rings is 1. The number of ether oxygens (including phenoxy) is 1. The van der Waals surface area contributed by atoms with Gasteiger partial charge < -0.3 is 14.1 Å². The molecule has 1 aliphatic rings. The Morgan fingerprint density at radius 2 is 2.33 bits per heavy atom. The molecule has 0 radical (unpaired) electrons. The average molecular weight is 311 g/mol. The number of rotatable bonds is 2. The van der Waals surface area contributed by atoms with Crippen LogP contribution < -0.4 is 4.90 Å². The summed E-state index contributed by atoms with van der Waals surface area (Å²) < 4.78 is 11.3. The summed E-state index contributed by atoms with van der Waals surface area (Å²) in [4.78, 5) is 6.78. The van der Waals surface area contributed by atoms with Crippen molar-refractivity contribution >= 4 is 32.7 Å². The van der Waals surface area contributed by atoms with Crippen LogP contribution in [0.5, 0.6) is 0 Å². The molecule has 0 amide bonds. The van der Waals surface area contributed by atoms with E-state index in [0.717, 1.165) is 35.2 Å². The summed E-state index contributed by atoms with van der Waals surface area (Å²) in [5, 5.41) is 1.91. The quantitative estimate of drug-likeness (QED) is 0.800. The Kier molecular flexibility index (Phi) is 3.26. The number of anilines is 1. The third kappa shape index (κ3) is 2.12. The number of nitrogens with zero attached hydrogens (tertiary/aromatic N) is 2. The first-order valence-electron chi connectivity index (χ1n) is 6.06. The number of halogens is 1. The minimum atomic E-state index is 0.206. The topological polar surface area (TPSA) is 38.5 Å².